The van der Waals surface area contributed by atoms with Crippen molar-refractivity contribution in [3.05, 3.63) is 65.8 Å². The van der Waals surface area contributed by atoms with Crippen molar-refractivity contribution in [3.63, 3.8) is 0 Å². The van der Waals surface area contributed by atoms with Crippen LogP contribution in [0, 0.1) is 0 Å². The zero-order valence-electron chi connectivity index (χ0n) is 19.7. The van der Waals surface area contributed by atoms with E-state index < -0.39 is 6.16 Å². The predicted octanol–water partition coefficient (Wildman–Crippen LogP) is 4.87. The SMILES string of the molecule is O=C(O)Oc1cccnc1N1CCN(CCCN2c3ccccc3OCOc3ccc(Cl)cc32)CC1. The standard InChI is InChI=1S/C26H27ClN4O5/c27-19-8-9-23-21(17-19)31(20-5-1-2-6-22(20)34-18-35-23)12-4-11-29-13-15-30(16-14-29)25-24(36-26(32)33)7-3-10-28-25/h1-3,5-10,17H,4,11-16,18H2,(H,32,33). The summed E-state index contributed by atoms with van der Waals surface area (Å²) in [5, 5.41) is 9.65. The fourth-order valence-corrected chi connectivity index (χ4v) is 4.75. The topological polar surface area (TPSA) is 87.6 Å². The van der Waals surface area contributed by atoms with Gasteiger partial charge in [0, 0.05) is 43.9 Å². The highest BCUT2D eigenvalue weighted by molar-refractivity contribution is 6.31. The Morgan fingerprint density at radius 3 is 2.56 bits per heavy atom. The number of halogens is 1. The third-order valence-corrected chi connectivity index (χ3v) is 6.51. The largest absolute Gasteiger partial charge is 0.511 e. The van der Waals surface area contributed by atoms with Crippen LogP contribution in [0.15, 0.2) is 60.8 Å². The maximum Gasteiger partial charge on any atom is 0.511 e. The monoisotopic (exact) mass is 510 g/mol. The second-order valence-electron chi connectivity index (χ2n) is 8.51. The maximum absolute atomic E-state index is 11.0. The van der Waals surface area contributed by atoms with Crippen molar-refractivity contribution in [3.8, 4) is 17.2 Å². The lowest BCUT2D eigenvalue weighted by Crippen LogP contribution is -2.47. The number of nitrogens with zero attached hydrogens (tertiary/aromatic N) is 4. The number of para-hydroxylation sites is 2. The molecule has 1 saturated heterocycles. The molecule has 0 unspecified atom stereocenters. The van der Waals surface area contributed by atoms with Gasteiger partial charge in [0.1, 0.15) is 11.5 Å². The van der Waals surface area contributed by atoms with Crippen LogP contribution in [0.5, 0.6) is 17.2 Å². The third-order valence-electron chi connectivity index (χ3n) is 6.27. The van der Waals surface area contributed by atoms with Gasteiger partial charge >= 0.3 is 6.16 Å². The zero-order chi connectivity index (χ0) is 24.9. The van der Waals surface area contributed by atoms with E-state index in [1.165, 1.54) is 0 Å². The molecule has 0 spiro atoms. The number of benzene rings is 2. The summed E-state index contributed by atoms with van der Waals surface area (Å²) >= 11 is 6.35. The van der Waals surface area contributed by atoms with E-state index in [1.54, 1.807) is 18.3 Å². The van der Waals surface area contributed by atoms with Crippen molar-refractivity contribution in [2.75, 3.05) is 55.9 Å². The highest BCUT2D eigenvalue weighted by Gasteiger charge is 2.24. The predicted molar refractivity (Wildman–Crippen MR) is 137 cm³/mol. The average Bonchev–Trinajstić information content (AvgIpc) is 2.87. The number of anilines is 3. The summed E-state index contributed by atoms with van der Waals surface area (Å²) in [6, 6.07) is 16.9. The van der Waals surface area contributed by atoms with Crippen LogP contribution < -0.4 is 24.0 Å². The second kappa shape index (κ2) is 10.9. The summed E-state index contributed by atoms with van der Waals surface area (Å²) in [5.74, 6) is 2.32. The van der Waals surface area contributed by atoms with Gasteiger partial charge in [0.05, 0.1) is 11.4 Å². The number of hydrogen-bond donors (Lipinski definition) is 1. The van der Waals surface area contributed by atoms with Gasteiger partial charge in [-0.1, -0.05) is 23.7 Å². The van der Waals surface area contributed by atoms with Crippen LogP contribution in [0.25, 0.3) is 0 Å². The lowest BCUT2D eigenvalue weighted by Gasteiger charge is -2.36. The third kappa shape index (κ3) is 5.42. The molecule has 0 bridgehead atoms. The van der Waals surface area contributed by atoms with Gasteiger partial charge in [-0.2, -0.15) is 0 Å². The van der Waals surface area contributed by atoms with E-state index in [4.69, 9.17) is 30.9 Å². The van der Waals surface area contributed by atoms with E-state index in [0.29, 0.717) is 10.8 Å². The van der Waals surface area contributed by atoms with Gasteiger partial charge in [0.25, 0.3) is 0 Å². The molecule has 3 aromatic rings. The first-order chi connectivity index (χ1) is 17.6. The first-order valence-electron chi connectivity index (χ1n) is 11.8. The first-order valence-corrected chi connectivity index (χ1v) is 12.2. The molecule has 5 rings (SSSR count). The minimum atomic E-state index is -1.34. The molecule has 1 N–H and O–H groups in total. The highest BCUT2D eigenvalue weighted by Crippen LogP contribution is 2.41. The van der Waals surface area contributed by atoms with Crippen LogP contribution in [-0.4, -0.2) is 67.2 Å². The summed E-state index contributed by atoms with van der Waals surface area (Å²) in [7, 11) is 0. The molecule has 1 fully saturated rings. The number of piperazine rings is 1. The van der Waals surface area contributed by atoms with Crippen molar-refractivity contribution < 1.29 is 24.1 Å². The van der Waals surface area contributed by atoms with Crippen LogP contribution >= 0.6 is 11.6 Å². The molecular formula is C26H27ClN4O5. The Morgan fingerprint density at radius 2 is 1.75 bits per heavy atom. The lowest BCUT2D eigenvalue weighted by atomic mass is 10.2. The number of carboxylic acid groups (broad SMARTS) is 1. The van der Waals surface area contributed by atoms with E-state index in [0.717, 1.165) is 68.6 Å². The molecule has 2 aliphatic heterocycles. The Hall–Kier alpha value is -3.69. The number of ether oxygens (including phenoxy) is 3. The van der Waals surface area contributed by atoms with Crippen LogP contribution in [-0.2, 0) is 0 Å². The summed E-state index contributed by atoms with van der Waals surface area (Å²) < 4.78 is 16.6. The fraction of sp³-hybridized carbons (Fsp3) is 0.308. The Labute approximate surface area is 214 Å². The minimum absolute atomic E-state index is 0.138. The van der Waals surface area contributed by atoms with Gasteiger partial charge in [0.15, 0.2) is 11.6 Å². The van der Waals surface area contributed by atoms with Crippen molar-refractivity contribution >= 4 is 34.9 Å². The summed E-state index contributed by atoms with van der Waals surface area (Å²) in [6.07, 6.45) is 1.22. The molecule has 9 nitrogen and oxygen atoms in total. The first kappa shape index (κ1) is 24.0. The zero-order valence-corrected chi connectivity index (χ0v) is 20.4. The normalized spacial score (nSPS) is 15.6. The number of hydrogen-bond acceptors (Lipinski definition) is 8. The van der Waals surface area contributed by atoms with Crippen LogP contribution in [0.1, 0.15) is 6.42 Å². The number of rotatable bonds is 6. The van der Waals surface area contributed by atoms with Crippen LogP contribution in [0.4, 0.5) is 22.0 Å². The molecule has 0 amide bonds. The maximum atomic E-state index is 11.0. The summed E-state index contributed by atoms with van der Waals surface area (Å²) in [5.41, 5.74) is 1.90. The number of carbonyl (C=O) groups is 1. The van der Waals surface area contributed by atoms with Gasteiger partial charge in [0.2, 0.25) is 6.79 Å². The molecule has 2 aliphatic rings. The lowest BCUT2D eigenvalue weighted by molar-refractivity contribution is 0.119. The number of aromatic nitrogens is 1. The summed E-state index contributed by atoms with van der Waals surface area (Å²) in [6.45, 7) is 4.96. The Morgan fingerprint density at radius 1 is 0.972 bits per heavy atom. The molecule has 0 aliphatic carbocycles. The molecule has 36 heavy (non-hydrogen) atoms. The van der Waals surface area contributed by atoms with Crippen molar-refractivity contribution in [1.29, 1.82) is 0 Å². The average molecular weight is 511 g/mol. The van der Waals surface area contributed by atoms with Crippen molar-refractivity contribution in [2.45, 2.75) is 6.42 Å². The molecule has 1 aromatic heterocycles. The van der Waals surface area contributed by atoms with Gasteiger partial charge in [-0.25, -0.2) is 9.78 Å². The van der Waals surface area contributed by atoms with E-state index in [9.17, 15) is 4.79 Å². The molecule has 0 atom stereocenters. The van der Waals surface area contributed by atoms with Crippen molar-refractivity contribution in [2.24, 2.45) is 0 Å². The highest BCUT2D eigenvalue weighted by atomic mass is 35.5. The van der Waals surface area contributed by atoms with Gasteiger partial charge in [-0.3, -0.25) is 4.90 Å². The van der Waals surface area contributed by atoms with E-state index in [-0.39, 0.29) is 12.5 Å². The number of fused-ring (bicyclic) bond motifs is 2. The van der Waals surface area contributed by atoms with E-state index in [1.807, 2.05) is 42.5 Å². The molecule has 10 heteroatoms. The molecule has 2 aromatic carbocycles. The van der Waals surface area contributed by atoms with Gasteiger partial charge in [-0.05, 0) is 55.4 Å². The quantitative estimate of drug-likeness (QED) is 0.466. The molecular weight excluding hydrogens is 484 g/mol. The fourth-order valence-electron chi connectivity index (χ4n) is 4.58. The number of pyridine rings is 1. The van der Waals surface area contributed by atoms with Gasteiger partial charge in [-0.15, -0.1) is 0 Å². The Bertz CT molecular complexity index is 1220. The van der Waals surface area contributed by atoms with E-state index >= 15 is 0 Å². The second-order valence-corrected chi connectivity index (χ2v) is 8.95. The Balaban J connectivity index is 1.23. The Kier molecular flexibility index (Phi) is 7.29. The molecule has 0 saturated carbocycles. The molecule has 3 heterocycles. The van der Waals surface area contributed by atoms with Crippen molar-refractivity contribution in [1.82, 2.24) is 9.88 Å². The van der Waals surface area contributed by atoms with Crippen LogP contribution in [0.2, 0.25) is 5.02 Å². The molecule has 188 valence electrons. The smallest absolute Gasteiger partial charge is 0.455 e. The van der Waals surface area contributed by atoms with Crippen LogP contribution in [0.3, 0.4) is 0 Å². The molecule has 0 radical (unpaired) electrons. The van der Waals surface area contributed by atoms with Gasteiger partial charge < -0.3 is 29.1 Å². The summed E-state index contributed by atoms with van der Waals surface area (Å²) in [4.78, 5) is 22.0. The van der Waals surface area contributed by atoms with E-state index in [2.05, 4.69) is 19.7 Å². The minimum Gasteiger partial charge on any atom is -0.455 e.